The number of halogens is 1. The first-order valence-corrected chi connectivity index (χ1v) is 11.0. The number of sulfonamides is 1. The maximum absolute atomic E-state index is 13.1. The van der Waals surface area contributed by atoms with Gasteiger partial charge >= 0.3 is 0 Å². The standard InChI is InChI=1S/C21H28FNO4S/c1-5-26-19-12-9-17(13-20(19)27-6-2)21(15(3)4)23-28(24,25)14-16-7-10-18(22)11-8-16/h7-13,15,21,23H,5-6,14H2,1-4H3. The van der Waals surface area contributed by atoms with Crippen molar-refractivity contribution in [3.63, 3.8) is 0 Å². The van der Waals surface area contributed by atoms with Gasteiger partial charge in [0.15, 0.2) is 11.5 Å². The fraction of sp³-hybridized carbons (Fsp3) is 0.429. The van der Waals surface area contributed by atoms with Gasteiger partial charge in [0.1, 0.15) is 5.82 Å². The Kier molecular flexibility index (Phi) is 7.83. The Morgan fingerprint density at radius 3 is 2.14 bits per heavy atom. The van der Waals surface area contributed by atoms with Gasteiger partial charge in [0.25, 0.3) is 0 Å². The Labute approximate surface area is 166 Å². The molecule has 0 amide bonds. The van der Waals surface area contributed by atoms with Crippen LogP contribution in [0.5, 0.6) is 11.5 Å². The van der Waals surface area contributed by atoms with E-state index in [1.54, 1.807) is 6.07 Å². The number of hydrogen-bond donors (Lipinski definition) is 1. The molecule has 0 heterocycles. The van der Waals surface area contributed by atoms with Crippen LogP contribution in [0.25, 0.3) is 0 Å². The van der Waals surface area contributed by atoms with Crippen molar-refractivity contribution in [3.05, 3.63) is 59.4 Å². The predicted molar refractivity (Wildman–Crippen MR) is 109 cm³/mol. The Balaban J connectivity index is 2.26. The SMILES string of the molecule is CCOc1ccc(C(NS(=O)(=O)Cc2ccc(F)cc2)C(C)C)cc1OCC. The maximum Gasteiger partial charge on any atom is 0.216 e. The number of hydrogen-bond acceptors (Lipinski definition) is 4. The normalized spacial score (nSPS) is 12.8. The minimum atomic E-state index is -3.63. The molecule has 2 rings (SSSR count). The molecule has 28 heavy (non-hydrogen) atoms. The number of benzene rings is 2. The van der Waals surface area contributed by atoms with E-state index in [0.29, 0.717) is 30.3 Å². The molecule has 1 unspecified atom stereocenters. The molecule has 2 aromatic carbocycles. The predicted octanol–water partition coefficient (Wildman–Crippen LogP) is 4.44. The summed E-state index contributed by atoms with van der Waals surface area (Å²) >= 11 is 0. The molecular weight excluding hydrogens is 381 g/mol. The first kappa shape index (κ1) is 22.2. The summed E-state index contributed by atoms with van der Waals surface area (Å²) in [6.07, 6.45) is 0. The van der Waals surface area contributed by atoms with Crippen molar-refractivity contribution in [3.8, 4) is 11.5 Å². The van der Waals surface area contributed by atoms with Crippen LogP contribution in [0.1, 0.15) is 44.9 Å². The number of nitrogens with one attached hydrogen (secondary N) is 1. The smallest absolute Gasteiger partial charge is 0.216 e. The van der Waals surface area contributed by atoms with E-state index in [-0.39, 0.29) is 11.7 Å². The van der Waals surface area contributed by atoms with Crippen molar-refractivity contribution in [2.45, 2.75) is 39.5 Å². The molecule has 154 valence electrons. The van der Waals surface area contributed by atoms with Crippen LogP contribution in [-0.4, -0.2) is 21.6 Å². The fourth-order valence-electron chi connectivity index (χ4n) is 2.89. The lowest BCUT2D eigenvalue weighted by molar-refractivity contribution is 0.287. The summed E-state index contributed by atoms with van der Waals surface area (Å²) in [4.78, 5) is 0. The topological polar surface area (TPSA) is 64.6 Å². The second-order valence-corrected chi connectivity index (χ2v) is 8.55. The molecule has 0 aliphatic rings. The second kappa shape index (κ2) is 9.89. The highest BCUT2D eigenvalue weighted by molar-refractivity contribution is 7.88. The molecule has 0 aliphatic heterocycles. The molecule has 0 saturated heterocycles. The Morgan fingerprint density at radius 1 is 0.964 bits per heavy atom. The zero-order valence-electron chi connectivity index (χ0n) is 16.7. The van der Waals surface area contributed by atoms with E-state index < -0.39 is 21.9 Å². The van der Waals surface area contributed by atoms with Crippen LogP contribution in [0.2, 0.25) is 0 Å². The van der Waals surface area contributed by atoms with Gasteiger partial charge in [-0.05, 0) is 55.2 Å². The third-order valence-electron chi connectivity index (χ3n) is 4.17. The lowest BCUT2D eigenvalue weighted by Crippen LogP contribution is -2.32. The third kappa shape index (κ3) is 6.21. The summed E-state index contributed by atoms with van der Waals surface area (Å²) in [5, 5.41) is 0. The Hall–Kier alpha value is -2.12. The van der Waals surface area contributed by atoms with Gasteiger partial charge in [-0.2, -0.15) is 0 Å². The zero-order valence-corrected chi connectivity index (χ0v) is 17.6. The van der Waals surface area contributed by atoms with E-state index in [1.807, 2.05) is 39.8 Å². The lowest BCUT2D eigenvalue weighted by Gasteiger charge is -2.24. The molecule has 5 nitrogen and oxygen atoms in total. The van der Waals surface area contributed by atoms with Crippen LogP contribution in [-0.2, 0) is 15.8 Å². The molecule has 1 atom stereocenters. The number of ether oxygens (including phenoxy) is 2. The molecule has 7 heteroatoms. The molecule has 0 bridgehead atoms. The van der Waals surface area contributed by atoms with Gasteiger partial charge < -0.3 is 9.47 Å². The van der Waals surface area contributed by atoms with Crippen molar-refractivity contribution >= 4 is 10.0 Å². The second-order valence-electron chi connectivity index (χ2n) is 6.80. The summed E-state index contributed by atoms with van der Waals surface area (Å²) in [5.74, 6) is 0.615. The highest BCUT2D eigenvalue weighted by atomic mass is 32.2. The van der Waals surface area contributed by atoms with Gasteiger partial charge in [0.05, 0.1) is 19.0 Å². The molecule has 0 radical (unpaired) electrons. The maximum atomic E-state index is 13.1. The monoisotopic (exact) mass is 409 g/mol. The highest BCUT2D eigenvalue weighted by Crippen LogP contribution is 2.33. The van der Waals surface area contributed by atoms with Crippen molar-refractivity contribution in [2.75, 3.05) is 13.2 Å². The minimum absolute atomic E-state index is 0.00964. The van der Waals surface area contributed by atoms with Crippen molar-refractivity contribution in [2.24, 2.45) is 5.92 Å². The Bertz CT molecular complexity index is 866. The quantitative estimate of drug-likeness (QED) is 0.630. The molecule has 2 aromatic rings. The molecule has 0 fully saturated rings. The summed E-state index contributed by atoms with van der Waals surface area (Å²) in [7, 11) is -3.63. The zero-order chi connectivity index (χ0) is 20.7. The number of rotatable bonds is 10. The Morgan fingerprint density at radius 2 is 1.57 bits per heavy atom. The van der Waals surface area contributed by atoms with E-state index >= 15 is 0 Å². The summed E-state index contributed by atoms with van der Waals surface area (Å²) < 4.78 is 52.5. The summed E-state index contributed by atoms with van der Waals surface area (Å²) in [5.41, 5.74) is 1.32. The van der Waals surface area contributed by atoms with Crippen LogP contribution in [0.15, 0.2) is 42.5 Å². The molecular formula is C21H28FNO4S. The van der Waals surface area contributed by atoms with Gasteiger partial charge in [-0.3, -0.25) is 0 Å². The molecule has 0 aromatic heterocycles. The molecule has 0 aliphatic carbocycles. The first-order valence-electron chi connectivity index (χ1n) is 9.39. The molecule has 1 N–H and O–H groups in total. The van der Waals surface area contributed by atoms with E-state index in [0.717, 1.165) is 5.56 Å². The largest absolute Gasteiger partial charge is 0.490 e. The van der Waals surface area contributed by atoms with Gasteiger partial charge in [-0.15, -0.1) is 0 Å². The first-order chi connectivity index (χ1) is 13.3. The minimum Gasteiger partial charge on any atom is -0.490 e. The lowest BCUT2D eigenvalue weighted by atomic mass is 9.97. The van der Waals surface area contributed by atoms with E-state index in [4.69, 9.17) is 9.47 Å². The van der Waals surface area contributed by atoms with Gasteiger partial charge in [-0.1, -0.05) is 32.0 Å². The van der Waals surface area contributed by atoms with E-state index in [9.17, 15) is 12.8 Å². The van der Waals surface area contributed by atoms with Gasteiger partial charge in [-0.25, -0.2) is 17.5 Å². The van der Waals surface area contributed by atoms with Crippen molar-refractivity contribution in [1.82, 2.24) is 4.72 Å². The van der Waals surface area contributed by atoms with Crippen molar-refractivity contribution in [1.29, 1.82) is 0 Å². The van der Waals surface area contributed by atoms with E-state index in [2.05, 4.69) is 4.72 Å². The average molecular weight is 410 g/mol. The van der Waals surface area contributed by atoms with Crippen molar-refractivity contribution < 1.29 is 22.3 Å². The summed E-state index contributed by atoms with van der Waals surface area (Å²) in [6, 6.07) is 10.5. The molecule has 0 saturated carbocycles. The van der Waals surface area contributed by atoms with Crippen LogP contribution in [0.3, 0.4) is 0 Å². The molecule has 0 spiro atoms. The van der Waals surface area contributed by atoms with Crippen LogP contribution < -0.4 is 14.2 Å². The highest BCUT2D eigenvalue weighted by Gasteiger charge is 2.24. The van der Waals surface area contributed by atoms with Crippen LogP contribution in [0, 0.1) is 11.7 Å². The van der Waals surface area contributed by atoms with Crippen LogP contribution in [0.4, 0.5) is 4.39 Å². The van der Waals surface area contributed by atoms with Gasteiger partial charge in [0.2, 0.25) is 10.0 Å². The summed E-state index contributed by atoms with van der Waals surface area (Å²) in [6.45, 7) is 8.66. The third-order valence-corrected chi connectivity index (χ3v) is 5.50. The van der Waals surface area contributed by atoms with Gasteiger partial charge in [0, 0.05) is 6.04 Å². The average Bonchev–Trinajstić information content (AvgIpc) is 2.63. The fourth-order valence-corrected chi connectivity index (χ4v) is 4.40. The van der Waals surface area contributed by atoms with Crippen LogP contribution >= 0.6 is 0 Å². The van der Waals surface area contributed by atoms with E-state index in [1.165, 1.54) is 24.3 Å².